The second kappa shape index (κ2) is 6.98. The molecule has 0 radical (unpaired) electrons. The largest absolute Gasteiger partial charge is 0.351 e. The third-order valence-electron chi connectivity index (χ3n) is 3.04. The van der Waals surface area contributed by atoms with E-state index < -0.39 is 6.04 Å². The number of rotatable bonds is 5. The van der Waals surface area contributed by atoms with Crippen LogP contribution in [0.4, 0.5) is 0 Å². The summed E-state index contributed by atoms with van der Waals surface area (Å²) >= 11 is 11.9. The zero-order chi connectivity index (χ0) is 13.7. The van der Waals surface area contributed by atoms with Crippen molar-refractivity contribution in [3.63, 3.8) is 0 Å². The van der Waals surface area contributed by atoms with E-state index in [2.05, 4.69) is 5.32 Å². The molecule has 1 amide bonds. The van der Waals surface area contributed by atoms with Crippen molar-refractivity contribution in [2.45, 2.75) is 32.9 Å². The Kier molecular flexibility index (Phi) is 5.93. The van der Waals surface area contributed by atoms with E-state index in [-0.39, 0.29) is 11.8 Å². The summed E-state index contributed by atoms with van der Waals surface area (Å²) < 4.78 is 0. The first-order valence-electron chi connectivity index (χ1n) is 5.93. The second-order valence-corrected chi connectivity index (χ2v) is 5.13. The van der Waals surface area contributed by atoms with Crippen LogP contribution in [0.1, 0.15) is 25.8 Å². The summed E-state index contributed by atoms with van der Waals surface area (Å²) in [6.45, 7) is 4.30. The minimum atomic E-state index is -0.493. The van der Waals surface area contributed by atoms with Crippen LogP contribution in [0.5, 0.6) is 0 Å². The van der Waals surface area contributed by atoms with Crippen LogP contribution in [-0.2, 0) is 11.3 Å². The van der Waals surface area contributed by atoms with Gasteiger partial charge in [-0.15, -0.1) is 0 Å². The van der Waals surface area contributed by atoms with Gasteiger partial charge in [-0.05, 0) is 17.5 Å². The highest BCUT2D eigenvalue weighted by atomic mass is 35.5. The van der Waals surface area contributed by atoms with Crippen molar-refractivity contribution in [3.8, 4) is 0 Å². The molecule has 0 aliphatic carbocycles. The Morgan fingerprint density at radius 1 is 1.44 bits per heavy atom. The molecule has 2 atom stereocenters. The van der Waals surface area contributed by atoms with Crippen molar-refractivity contribution < 1.29 is 4.79 Å². The molecule has 1 aromatic rings. The molecule has 18 heavy (non-hydrogen) atoms. The van der Waals surface area contributed by atoms with E-state index in [9.17, 15) is 4.79 Å². The van der Waals surface area contributed by atoms with Gasteiger partial charge in [0, 0.05) is 6.54 Å². The molecule has 3 nitrogen and oxygen atoms in total. The molecule has 0 heterocycles. The highest BCUT2D eigenvalue weighted by Crippen LogP contribution is 2.25. The van der Waals surface area contributed by atoms with E-state index in [0.717, 1.165) is 12.0 Å². The normalized spacial score (nSPS) is 14.1. The average molecular weight is 289 g/mol. The monoisotopic (exact) mass is 288 g/mol. The molecule has 0 aliphatic heterocycles. The van der Waals surface area contributed by atoms with Crippen molar-refractivity contribution in [2.24, 2.45) is 11.7 Å². The topological polar surface area (TPSA) is 55.1 Å². The summed E-state index contributed by atoms with van der Waals surface area (Å²) in [5.74, 6) is -0.0137. The highest BCUT2D eigenvalue weighted by Gasteiger charge is 2.19. The number of carbonyl (C=O) groups excluding carboxylic acids is 1. The molecule has 100 valence electrons. The lowest BCUT2D eigenvalue weighted by Gasteiger charge is -2.18. The van der Waals surface area contributed by atoms with E-state index in [1.165, 1.54) is 0 Å². The quantitative estimate of drug-likeness (QED) is 0.875. The van der Waals surface area contributed by atoms with Crippen LogP contribution in [-0.4, -0.2) is 11.9 Å². The van der Waals surface area contributed by atoms with Crippen LogP contribution in [0, 0.1) is 5.92 Å². The maximum absolute atomic E-state index is 11.8. The van der Waals surface area contributed by atoms with Gasteiger partial charge in [0.2, 0.25) is 5.91 Å². The molecule has 1 unspecified atom stereocenters. The van der Waals surface area contributed by atoms with E-state index >= 15 is 0 Å². The molecule has 5 heteroatoms. The Labute approximate surface area is 118 Å². The summed E-state index contributed by atoms with van der Waals surface area (Å²) in [6.07, 6.45) is 0.868. The fourth-order valence-electron chi connectivity index (χ4n) is 1.50. The number of hydrogen-bond donors (Lipinski definition) is 2. The van der Waals surface area contributed by atoms with Crippen molar-refractivity contribution >= 4 is 29.1 Å². The van der Waals surface area contributed by atoms with Crippen molar-refractivity contribution in [3.05, 3.63) is 33.8 Å². The zero-order valence-electron chi connectivity index (χ0n) is 10.5. The van der Waals surface area contributed by atoms with Gasteiger partial charge in [-0.2, -0.15) is 0 Å². The van der Waals surface area contributed by atoms with E-state index in [4.69, 9.17) is 28.9 Å². The van der Waals surface area contributed by atoms with Crippen molar-refractivity contribution in [1.29, 1.82) is 0 Å². The van der Waals surface area contributed by atoms with Gasteiger partial charge in [0.25, 0.3) is 0 Å². The van der Waals surface area contributed by atoms with Gasteiger partial charge in [0.1, 0.15) is 0 Å². The third-order valence-corrected chi connectivity index (χ3v) is 3.90. The Hall–Kier alpha value is -0.770. The Morgan fingerprint density at radius 2 is 2.11 bits per heavy atom. The average Bonchev–Trinajstić information content (AvgIpc) is 2.38. The fourth-order valence-corrected chi connectivity index (χ4v) is 1.88. The lowest BCUT2D eigenvalue weighted by Crippen LogP contribution is -2.44. The predicted octanol–water partition coefficient (Wildman–Crippen LogP) is 2.98. The van der Waals surface area contributed by atoms with Gasteiger partial charge in [-0.3, -0.25) is 4.79 Å². The summed E-state index contributed by atoms with van der Waals surface area (Å²) in [6, 6.07) is 4.83. The molecule has 0 aromatic heterocycles. The number of halogens is 2. The summed E-state index contributed by atoms with van der Waals surface area (Å²) in [7, 11) is 0. The molecule has 0 bridgehead atoms. The minimum Gasteiger partial charge on any atom is -0.351 e. The van der Waals surface area contributed by atoms with E-state index in [0.29, 0.717) is 16.6 Å². The number of hydrogen-bond acceptors (Lipinski definition) is 2. The predicted molar refractivity (Wildman–Crippen MR) is 75.7 cm³/mol. The first kappa shape index (κ1) is 15.3. The van der Waals surface area contributed by atoms with E-state index in [1.807, 2.05) is 19.9 Å². The van der Waals surface area contributed by atoms with Crippen LogP contribution in [0.2, 0.25) is 10.0 Å². The molecule has 0 fully saturated rings. The fraction of sp³-hybridized carbons (Fsp3) is 0.462. The zero-order valence-corrected chi connectivity index (χ0v) is 12.1. The van der Waals surface area contributed by atoms with Gasteiger partial charge in [-0.1, -0.05) is 55.6 Å². The number of benzene rings is 1. The maximum atomic E-state index is 11.8. The molecule has 0 spiro atoms. The smallest absolute Gasteiger partial charge is 0.237 e. The van der Waals surface area contributed by atoms with Crippen LogP contribution >= 0.6 is 23.2 Å². The van der Waals surface area contributed by atoms with Crippen molar-refractivity contribution in [1.82, 2.24) is 5.32 Å². The molecular formula is C13H18Cl2N2O. The van der Waals surface area contributed by atoms with Gasteiger partial charge < -0.3 is 11.1 Å². The van der Waals surface area contributed by atoms with Gasteiger partial charge in [0.15, 0.2) is 0 Å². The highest BCUT2D eigenvalue weighted by molar-refractivity contribution is 6.42. The molecule has 0 aliphatic rings. The number of nitrogens with one attached hydrogen (secondary N) is 1. The molecule has 1 rings (SSSR count). The molecule has 1 aromatic carbocycles. The third kappa shape index (κ3) is 3.87. The minimum absolute atomic E-state index is 0.153. The molecular weight excluding hydrogens is 271 g/mol. The lowest BCUT2D eigenvalue weighted by molar-refractivity contribution is -0.123. The van der Waals surface area contributed by atoms with E-state index in [1.54, 1.807) is 12.1 Å². The first-order chi connectivity index (χ1) is 8.47. The van der Waals surface area contributed by atoms with Crippen LogP contribution in [0.3, 0.4) is 0 Å². The van der Waals surface area contributed by atoms with Crippen LogP contribution < -0.4 is 11.1 Å². The first-order valence-corrected chi connectivity index (χ1v) is 6.69. The molecule has 3 N–H and O–H groups in total. The SMILES string of the molecule is CCC(C)[C@H](N)C(=O)NCc1cccc(Cl)c1Cl. The molecule has 0 saturated heterocycles. The Bertz CT molecular complexity index is 423. The number of nitrogens with two attached hydrogens (primary N) is 1. The summed E-state index contributed by atoms with van der Waals surface area (Å²) in [4.78, 5) is 11.8. The van der Waals surface area contributed by atoms with Gasteiger partial charge in [0.05, 0.1) is 16.1 Å². The van der Waals surface area contributed by atoms with Gasteiger partial charge >= 0.3 is 0 Å². The maximum Gasteiger partial charge on any atom is 0.237 e. The Balaban J connectivity index is 2.60. The number of amides is 1. The van der Waals surface area contributed by atoms with Gasteiger partial charge in [-0.25, -0.2) is 0 Å². The molecule has 0 saturated carbocycles. The Morgan fingerprint density at radius 3 is 2.72 bits per heavy atom. The van der Waals surface area contributed by atoms with Crippen LogP contribution in [0.15, 0.2) is 18.2 Å². The summed E-state index contributed by atoms with van der Waals surface area (Å²) in [5.41, 5.74) is 6.62. The lowest BCUT2D eigenvalue weighted by atomic mass is 9.99. The number of carbonyl (C=O) groups is 1. The van der Waals surface area contributed by atoms with Crippen LogP contribution in [0.25, 0.3) is 0 Å². The second-order valence-electron chi connectivity index (χ2n) is 4.34. The summed E-state index contributed by atoms with van der Waals surface area (Å²) in [5, 5.41) is 3.73. The van der Waals surface area contributed by atoms with Crippen molar-refractivity contribution in [2.75, 3.05) is 0 Å². The standard InChI is InChI=1S/C13H18Cl2N2O/c1-3-8(2)12(16)13(18)17-7-9-5-4-6-10(14)11(9)15/h4-6,8,12H,3,7,16H2,1-2H3,(H,17,18)/t8?,12-/m0/s1.